The third-order valence-electron chi connectivity index (χ3n) is 2.29. The Hall–Kier alpha value is -1.67. The van der Waals surface area contributed by atoms with E-state index in [1.165, 1.54) is 32.0 Å². The molecule has 0 aliphatic heterocycles. The van der Waals surface area contributed by atoms with E-state index in [4.69, 9.17) is 0 Å². The fraction of sp³-hybridized carbons (Fsp3) is 0.455. The predicted molar refractivity (Wildman–Crippen MR) is 71.0 cm³/mol. The Kier molecular flexibility index (Phi) is 4.16. The highest BCUT2D eigenvalue weighted by Crippen LogP contribution is 2.32. The van der Waals surface area contributed by atoms with Gasteiger partial charge in [0.05, 0.1) is 10.5 Å². The second kappa shape index (κ2) is 5.14. The molecule has 0 aromatic heterocycles. The average molecular weight is 288 g/mol. The maximum Gasteiger partial charge on any atom is 0.310 e. The van der Waals surface area contributed by atoms with Crippen molar-refractivity contribution < 1.29 is 18.4 Å². The van der Waals surface area contributed by atoms with Crippen LogP contribution in [0.15, 0.2) is 23.1 Å². The second-order valence-electron chi connectivity index (χ2n) is 4.85. The van der Waals surface area contributed by atoms with E-state index in [-0.39, 0.29) is 17.1 Å². The van der Waals surface area contributed by atoms with Crippen LogP contribution in [0.25, 0.3) is 0 Å². The molecule has 1 rings (SSSR count). The summed E-state index contributed by atoms with van der Waals surface area (Å²) in [6.45, 7) is 3.12. The largest absolute Gasteiger partial charge is 0.389 e. The molecule has 0 saturated heterocycles. The van der Waals surface area contributed by atoms with E-state index in [0.717, 1.165) is 6.26 Å². The monoisotopic (exact) mass is 288 g/mol. The van der Waals surface area contributed by atoms with Crippen molar-refractivity contribution in [3.05, 3.63) is 28.3 Å². The Morgan fingerprint density at radius 2 is 2.00 bits per heavy atom. The first-order chi connectivity index (χ1) is 8.52. The summed E-state index contributed by atoms with van der Waals surface area (Å²) in [7, 11) is -3.70. The van der Waals surface area contributed by atoms with Gasteiger partial charge in [0.2, 0.25) is 0 Å². The van der Waals surface area contributed by atoms with Crippen molar-refractivity contribution in [2.24, 2.45) is 0 Å². The van der Waals surface area contributed by atoms with Gasteiger partial charge in [-0.15, -0.1) is 0 Å². The Morgan fingerprint density at radius 3 is 2.42 bits per heavy atom. The number of aliphatic hydroxyl groups is 1. The number of sulfone groups is 1. The van der Waals surface area contributed by atoms with Crippen molar-refractivity contribution in [3.63, 3.8) is 0 Å². The van der Waals surface area contributed by atoms with Crippen molar-refractivity contribution in [2.75, 3.05) is 18.1 Å². The molecule has 0 saturated carbocycles. The SMILES string of the molecule is CC(C)(O)CNc1cccc(S(C)(=O)=O)c1[N+](=O)[O-]. The van der Waals surface area contributed by atoms with Crippen molar-refractivity contribution in [1.29, 1.82) is 0 Å². The van der Waals surface area contributed by atoms with Crippen LogP contribution in [0.4, 0.5) is 11.4 Å². The van der Waals surface area contributed by atoms with E-state index in [0.29, 0.717) is 0 Å². The smallest absolute Gasteiger partial charge is 0.310 e. The summed E-state index contributed by atoms with van der Waals surface area (Å²) < 4.78 is 23.1. The first kappa shape index (κ1) is 15.4. The number of nitro benzene ring substituents is 1. The number of nitro groups is 1. The van der Waals surface area contributed by atoms with Gasteiger partial charge in [-0.1, -0.05) is 6.07 Å². The van der Waals surface area contributed by atoms with Gasteiger partial charge in [-0.3, -0.25) is 10.1 Å². The number of para-hydroxylation sites is 1. The summed E-state index contributed by atoms with van der Waals surface area (Å²) in [5.41, 5.74) is -1.51. The van der Waals surface area contributed by atoms with Crippen LogP contribution in [-0.2, 0) is 9.84 Å². The topological polar surface area (TPSA) is 110 Å². The van der Waals surface area contributed by atoms with E-state index in [9.17, 15) is 23.6 Å². The van der Waals surface area contributed by atoms with Crippen LogP contribution in [0, 0.1) is 10.1 Å². The summed E-state index contributed by atoms with van der Waals surface area (Å²) in [5, 5.41) is 23.3. The minimum atomic E-state index is -3.70. The molecule has 7 nitrogen and oxygen atoms in total. The number of benzene rings is 1. The molecule has 1 aromatic rings. The lowest BCUT2D eigenvalue weighted by molar-refractivity contribution is -0.386. The van der Waals surface area contributed by atoms with Gasteiger partial charge in [0.25, 0.3) is 0 Å². The predicted octanol–water partition coefficient (Wildman–Crippen LogP) is 1.18. The van der Waals surface area contributed by atoms with E-state index < -0.39 is 26.0 Å². The highest BCUT2D eigenvalue weighted by atomic mass is 32.2. The Balaban J connectivity index is 3.30. The molecule has 0 unspecified atom stereocenters. The highest BCUT2D eigenvalue weighted by molar-refractivity contribution is 7.90. The van der Waals surface area contributed by atoms with Crippen molar-refractivity contribution in [3.8, 4) is 0 Å². The summed E-state index contributed by atoms with van der Waals surface area (Å²) in [6, 6.07) is 4.00. The van der Waals surface area contributed by atoms with Gasteiger partial charge in [-0.2, -0.15) is 0 Å². The maximum atomic E-state index is 11.5. The minimum absolute atomic E-state index is 0.0566. The molecule has 0 radical (unpaired) electrons. The van der Waals surface area contributed by atoms with Gasteiger partial charge in [-0.25, -0.2) is 8.42 Å². The minimum Gasteiger partial charge on any atom is -0.389 e. The molecule has 0 amide bonds. The molecule has 0 aliphatic rings. The average Bonchev–Trinajstić information content (AvgIpc) is 2.23. The third kappa shape index (κ3) is 4.18. The lowest BCUT2D eigenvalue weighted by Gasteiger charge is -2.18. The molecule has 106 valence electrons. The molecule has 0 spiro atoms. The zero-order valence-corrected chi connectivity index (χ0v) is 11.7. The molecule has 0 aliphatic carbocycles. The van der Waals surface area contributed by atoms with Gasteiger partial charge in [0.15, 0.2) is 9.84 Å². The summed E-state index contributed by atoms with van der Waals surface area (Å²) >= 11 is 0. The van der Waals surface area contributed by atoms with Crippen molar-refractivity contribution in [2.45, 2.75) is 24.3 Å². The summed E-state index contributed by atoms with van der Waals surface area (Å²) in [6.07, 6.45) is 0.912. The van der Waals surface area contributed by atoms with Gasteiger partial charge in [-0.05, 0) is 26.0 Å². The van der Waals surface area contributed by atoms with E-state index in [2.05, 4.69) is 5.32 Å². The first-order valence-electron chi connectivity index (χ1n) is 5.46. The summed E-state index contributed by atoms with van der Waals surface area (Å²) in [5.74, 6) is 0. The van der Waals surface area contributed by atoms with Gasteiger partial charge in [0, 0.05) is 12.8 Å². The third-order valence-corrected chi connectivity index (χ3v) is 3.42. The van der Waals surface area contributed by atoms with Gasteiger partial charge < -0.3 is 10.4 Å². The van der Waals surface area contributed by atoms with Crippen LogP contribution < -0.4 is 5.32 Å². The molecule has 0 heterocycles. The molecule has 8 heteroatoms. The Labute approximate surface area is 111 Å². The molecule has 2 N–H and O–H groups in total. The summed E-state index contributed by atoms with van der Waals surface area (Å²) in [4.78, 5) is 9.96. The second-order valence-corrected chi connectivity index (χ2v) is 6.83. The van der Waals surface area contributed by atoms with Crippen LogP contribution in [0.3, 0.4) is 0 Å². The highest BCUT2D eigenvalue weighted by Gasteiger charge is 2.26. The van der Waals surface area contributed by atoms with E-state index in [1.807, 2.05) is 0 Å². The van der Waals surface area contributed by atoms with Crippen LogP contribution >= 0.6 is 0 Å². The van der Waals surface area contributed by atoms with E-state index >= 15 is 0 Å². The quantitative estimate of drug-likeness (QED) is 0.622. The lowest BCUT2D eigenvalue weighted by atomic mass is 10.1. The van der Waals surface area contributed by atoms with Gasteiger partial charge in [0.1, 0.15) is 10.6 Å². The Bertz CT molecular complexity index is 590. The Morgan fingerprint density at radius 1 is 1.42 bits per heavy atom. The lowest BCUT2D eigenvalue weighted by Crippen LogP contribution is -2.29. The normalized spacial score (nSPS) is 12.2. The number of anilines is 1. The van der Waals surface area contributed by atoms with Gasteiger partial charge >= 0.3 is 5.69 Å². The van der Waals surface area contributed by atoms with Crippen molar-refractivity contribution in [1.82, 2.24) is 0 Å². The first-order valence-corrected chi connectivity index (χ1v) is 7.35. The van der Waals surface area contributed by atoms with E-state index in [1.54, 1.807) is 0 Å². The fourth-order valence-corrected chi connectivity index (χ4v) is 2.33. The molecule has 0 bridgehead atoms. The number of nitrogens with zero attached hydrogens (tertiary/aromatic N) is 1. The molecular weight excluding hydrogens is 272 g/mol. The van der Waals surface area contributed by atoms with Crippen LogP contribution in [0.2, 0.25) is 0 Å². The van der Waals surface area contributed by atoms with Crippen LogP contribution in [-0.4, -0.2) is 36.8 Å². The van der Waals surface area contributed by atoms with Crippen LogP contribution in [0.5, 0.6) is 0 Å². The fourth-order valence-electron chi connectivity index (χ4n) is 1.46. The standard InChI is InChI=1S/C11H16N2O5S/c1-11(2,14)7-12-8-5-4-6-9(19(3,17)18)10(8)13(15)16/h4-6,12,14H,7H2,1-3H3. The zero-order chi connectivity index (χ0) is 14.8. The zero-order valence-electron chi connectivity index (χ0n) is 10.9. The number of hydrogen-bond acceptors (Lipinski definition) is 6. The van der Waals surface area contributed by atoms with Crippen molar-refractivity contribution >= 4 is 21.2 Å². The number of rotatable bonds is 5. The molecule has 19 heavy (non-hydrogen) atoms. The molecule has 0 atom stereocenters. The molecule has 1 aromatic carbocycles. The number of nitrogens with one attached hydrogen (secondary N) is 1. The maximum absolute atomic E-state index is 11.5. The molecular formula is C11H16N2O5S. The van der Waals surface area contributed by atoms with Crippen LogP contribution in [0.1, 0.15) is 13.8 Å². The number of hydrogen-bond donors (Lipinski definition) is 2. The molecule has 0 fully saturated rings.